The molecule has 3 aliphatic carbocycles. The van der Waals surface area contributed by atoms with Crippen LogP contribution in [0, 0.1) is 124 Å². The Kier molecular flexibility index (Phi) is 21.4. The van der Waals surface area contributed by atoms with E-state index in [9.17, 15) is 0 Å². The Balaban J connectivity index is 0.000000133. The molecule has 12 aromatic rings. The third-order valence-corrected chi connectivity index (χ3v) is 32.8. The Hall–Kier alpha value is -11.0. The fraction of sp³-hybridized carbons (Fsp3) is 0.476. The number of rotatable bonds is 6. The third-order valence-electron chi connectivity index (χ3n) is 32.8. The Bertz CT molecular complexity index is 7560. The molecular formula is C126H162N6O6+6. The third kappa shape index (κ3) is 18.1. The zero-order valence-electron chi connectivity index (χ0n) is 106. The van der Waals surface area contributed by atoms with Crippen LogP contribution in [-0.2, 0) is 77.8 Å². The van der Waals surface area contributed by atoms with Gasteiger partial charge in [0.25, 0.3) is 0 Å². The van der Waals surface area contributed by atoms with Crippen LogP contribution in [-0.4, -0.2) is 34.6 Å². The summed E-state index contributed by atoms with van der Waals surface area (Å²) in [5.74, 6) is 5.77. The summed E-state index contributed by atoms with van der Waals surface area (Å²) >= 11 is 0. The summed E-state index contributed by atoms with van der Waals surface area (Å²) in [7, 11) is 11.5. The van der Waals surface area contributed by atoms with Gasteiger partial charge in [-0.3, -0.25) is 0 Å². The van der Waals surface area contributed by atoms with Crippen molar-refractivity contribution in [2.24, 2.45) is 42.3 Å². The molecule has 12 heteroatoms. The van der Waals surface area contributed by atoms with E-state index in [-0.39, 0.29) is 44.3 Å². The lowest BCUT2D eigenvalue weighted by Crippen LogP contribution is -2.47. The second-order valence-electron chi connectivity index (χ2n) is 44.4. The van der Waals surface area contributed by atoms with Crippen LogP contribution in [0.15, 0.2) is 146 Å². The summed E-state index contributed by atoms with van der Waals surface area (Å²) in [6, 6.07) is 38.0. The largest absolute Gasteiger partial charge is 0.492 e. The lowest BCUT2D eigenvalue weighted by atomic mass is 9.62. The number of nitrogens with zero attached hydrogens (tertiary/aromatic N) is 6. The maximum absolute atomic E-state index is 7.83. The van der Waals surface area contributed by atoms with Gasteiger partial charge >= 0.3 is 0 Å². The quantitative estimate of drug-likeness (QED) is 0.154. The molecule has 6 aliphatic heterocycles. The Morgan fingerprint density at radius 3 is 0.862 bits per heavy atom. The predicted molar refractivity (Wildman–Crippen MR) is 563 cm³/mol. The van der Waals surface area contributed by atoms with Crippen LogP contribution in [0.2, 0.25) is 0 Å². The van der Waals surface area contributed by atoms with Gasteiger partial charge in [-0.25, -0.2) is 27.4 Å². The molecule has 0 saturated heterocycles. The van der Waals surface area contributed by atoms with Crippen LogP contribution >= 0.6 is 0 Å². The minimum atomic E-state index is -2.12. The van der Waals surface area contributed by atoms with E-state index in [1.807, 2.05) is 148 Å². The van der Waals surface area contributed by atoms with Crippen molar-refractivity contribution < 1.29 is 80.5 Å². The highest BCUT2D eigenvalue weighted by Gasteiger charge is 2.59. The van der Waals surface area contributed by atoms with Gasteiger partial charge in [-0.05, 0) is 314 Å². The average molecular weight is 1870 g/mol. The summed E-state index contributed by atoms with van der Waals surface area (Å²) in [6.45, 7) is 33.6. The van der Waals surface area contributed by atoms with Crippen LogP contribution in [0.4, 0.5) is 0 Å². The van der Waals surface area contributed by atoms with Crippen molar-refractivity contribution in [2.45, 2.75) is 347 Å². The molecule has 9 aliphatic rings. The highest BCUT2D eigenvalue weighted by molar-refractivity contribution is 5.80. The van der Waals surface area contributed by atoms with Gasteiger partial charge < -0.3 is 28.4 Å². The number of pyridine rings is 6. The molecule has 138 heavy (non-hydrogen) atoms. The van der Waals surface area contributed by atoms with Crippen LogP contribution in [0.1, 0.15) is 317 Å². The van der Waals surface area contributed by atoms with Crippen molar-refractivity contribution >= 4 is 0 Å². The summed E-state index contributed by atoms with van der Waals surface area (Å²) < 4.78 is 190. The molecule has 12 heterocycles. The van der Waals surface area contributed by atoms with Gasteiger partial charge in [0.2, 0.25) is 34.2 Å². The molecule has 6 aromatic carbocycles. The van der Waals surface area contributed by atoms with E-state index in [2.05, 4.69) is 184 Å². The normalized spacial score (nSPS) is 20.3. The highest BCUT2D eigenvalue weighted by Crippen LogP contribution is 2.62. The Morgan fingerprint density at radius 2 is 0.522 bits per heavy atom. The van der Waals surface area contributed by atoms with Crippen molar-refractivity contribution in [3.8, 4) is 102 Å². The Labute approximate surface area is 853 Å². The number of aryl methyl sites for hydroxylation is 24. The second kappa shape index (κ2) is 37.6. The van der Waals surface area contributed by atoms with Crippen molar-refractivity contribution in [2.75, 3.05) is 6.61 Å². The SMILES string of the molecule is [2H]C([2H])([2H])c1c[n+](C)c(-c2c(C)ccc3c2OC(C)(C)C3(C)C)cc1C.[2H]C([2H])([2H])c1c[n+](C)c(-c2c(C)ccc3c2OC(C)(C)C3)cc1C.[2H]C([2H])([2H])c1c[n+](C)c(-c2c(C)ccc3c2OC(C)(C)C32CCCC2)cc1C.[2H]C([2H])([2H])c1c[n+](C)c(-c2c(C)ccc3c2OC(C)(C)C32CCCCC2)cc1C.[2H]C([2H])([2H])c1c[n+](C)c(-c2c(C)ccc3c2OC2(CCCCC2)C3)cc1C.[2H]C([2H])([2H])c1c[n+](C)c(-c2c(C)ccc3c2OCC3)cc1C. The molecule has 0 amide bonds. The van der Waals surface area contributed by atoms with E-state index in [0.29, 0.717) is 40.0 Å². The molecule has 3 saturated carbocycles. The molecule has 0 atom stereocenters. The number of hydrogen-bond acceptors (Lipinski definition) is 6. The number of benzene rings is 6. The van der Waals surface area contributed by atoms with Gasteiger partial charge in [0.05, 0.1) is 40.0 Å². The van der Waals surface area contributed by atoms with Crippen LogP contribution < -0.4 is 55.8 Å². The maximum atomic E-state index is 7.83. The number of aromatic nitrogens is 6. The summed E-state index contributed by atoms with van der Waals surface area (Å²) in [6.07, 6.45) is 30.2. The molecule has 0 bridgehead atoms. The second-order valence-corrected chi connectivity index (χ2v) is 44.4. The summed E-state index contributed by atoms with van der Waals surface area (Å²) in [5, 5.41) is 0. The van der Waals surface area contributed by atoms with Gasteiger partial charge in [-0.1, -0.05) is 125 Å². The zero-order valence-corrected chi connectivity index (χ0v) is 87.7. The van der Waals surface area contributed by atoms with Crippen molar-refractivity contribution in [3.05, 3.63) is 280 Å². The fourth-order valence-electron chi connectivity index (χ4n) is 23.6. The summed E-state index contributed by atoms with van der Waals surface area (Å²) in [5.41, 5.74) is 32.9. The van der Waals surface area contributed by atoms with E-state index in [0.717, 1.165) is 195 Å². The first-order chi connectivity index (χ1) is 72.2. The first-order valence-corrected chi connectivity index (χ1v) is 50.2. The van der Waals surface area contributed by atoms with E-state index in [4.69, 9.17) is 53.1 Å². The highest BCUT2D eigenvalue weighted by atomic mass is 16.5. The fourth-order valence-corrected chi connectivity index (χ4v) is 23.6. The molecule has 3 spiro atoms. The van der Waals surface area contributed by atoms with Gasteiger partial charge in [-0.2, -0.15) is 0 Å². The number of fused-ring (bicyclic) bond motifs is 8. The topological polar surface area (TPSA) is 78.7 Å². The van der Waals surface area contributed by atoms with Crippen LogP contribution in [0.5, 0.6) is 34.5 Å². The monoisotopic (exact) mass is 1870 g/mol. The predicted octanol–water partition coefficient (Wildman–Crippen LogP) is 26.7. The van der Waals surface area contributed by atoms with Gasteiger partial charge in [0.15, 0.2) is 37.2 Å². The zero-order chi connectivity index (χ0) is 115. The number of hydrogen-bond donors (Lipinski definition) is 0. The van der Waals surface area contributed by atoms with Crippen molar-refractivity contribution in [1.82, 2.24) is 0 Å². The molecule has 3 fully saturated rings. The van der Waals surface area contributed by atoms with Crippen LogP contribution in [0.25, 0.3) is 67.5 Å². The van der Waals surface area contributed by atoms with Gasteiger partial charge in [0, 0.05) is 147 Å². The molecule has 0 radical (unpaired) electrons. The van der Waals surface area contributed by atoms with E-state index in [1.54, 1.807) is 37.2 Å². The number of ether oxygens (including phenoxy) is 6. The van der Waals surface area contributed by atoms with Crippen molar-refractivity contribution in [1.29, 1.82) is 0 Å². The Morgan fingerprint density at radius 1 is 0.254 bits per heavy atom. The summed E-state index contributed by atoms with van der Waals surface area (Å²) in [4.78, 5) is 0. The molecule has 0 unspecified atom stereocenters. The van der Waals surface area contributed by atoms with E-state index >= 15 is 0 Å². The van der Waals surface area contributed by atoms with E-state index < -0.39 is 41.1 Å². The lowest BCUT2D eigenvalue weighted by Gasteiger charge is -2.43. The molecule has 21 rings (SSSR count). The molecule has 6 aromatic heterocycles. The first kappa shape index (κ1) is 78.8. The maximum Gasteiger partial charge on any atom is 0.216 e. The molecular weight excluding hydrogens is 1690 g/mol. The van der Waals surface area contributed by atoms with Gasteiger partial charge in [-0.15, -0.1) is 0 Å². The van der Waals surface area contributed by atoms with Gasteiger partial charge in [0.1, 0.15) is 105 Å². The van der Waals surface area contributed by atoms with E-state index in [1.165, 1.54) is 116 Å². The first-order valence-electron chi connectivity index (χ1n) is 59.2. The van der Waals surface area contributed by atoms with Crippen LogP contribution in [0.3, 0.4) is 0 Å². The minimum Gasteiger partial charge on any atom is -0.492 e. The minimum absolute atomic E-state index is 0.0324. The smallest absolute Gasteiger partial charge is 0.216 e. The molecule has 726 valence electrons. The molecule has 12 nitrogen and oxygen atoms in total. The standard InChI is InChI=1S/C24H32NO.C23H30NO.C22H28NO.C21H28NO.C19H24NO.C17H20NO/c1-16-10-11-19-22(21(16)20-14-17(2)18(3)15-25(20)6)26-23(4,5)24(19)12-8-7-9-13-24;1-15-9-10-18-21(25-22(4,5)23(18)11-7-8-12-23)20(15)19-13-16(2)17(3)14-24(19)6;1-15-8-9-18-13-22(10-6-5-7-11-22)24-21(18)20(15)19-12-16(2)17(3)14-23(19)4;1-13-9-10-16-19(23-21(6,7)20(16,4)5)18(13)17-11-14(2)15(3)12-22(17)8;1-12-7-8-15-10-19(4,5)21-18(15)17(12)16-9-13(2)14(3)11-20(16)6;1-11-5-6-14-7-8-19-17(14)16(11)15-9-12(2)13(3)10-18(15)4/h10-11,14-15H,7-9,12-13H2,1-6H3;9-10,13-14H,7-8,11-12H2,1-6H3;8-9,12,14H,5-7,10-11,13H2,1-4H3;9-12H,1-8H3;7-9,11H,10H2,1-6H3;5-6,9-10H,7-8H2,1-4H3/q6*+1/i6*3D3. The van der Waals surface area contributed by atoms with Crippen molar-refractivity contribution in [3.63, 3.8) is 0 Å². The average Bonchev–Trinajstić information content (AvgIpc) is 1.55. The lowest BCUT2D eigenvalue weighted by molar-refractivity contribution is -0.660. The molecule has 0 N–H and O–H groups in total.